The van der Waals surface area contributed by atoms with Gasteiger partial charge in [0.25, 0.3) is 0 Å². The van der Waals surface area contributed by atoms with Crippen LogP contribution in [0, 0.1) is 0 Å². The summed E-state index contributed by atoms with van der Waals surface area (Å²) >= 11 is 11.8. The minimum absolute atomic E-state index is 0.356. The molecule has 1 aromatic carbocycles. The minimum atomic E-state index is 0.356. The van der Waals surface area contributed by atoms with Crippen LogP contribution in [0.25, 0.3) is 0 Å². The van der Waals surface area contributed by atoms with Gasteiger partial charge in [0.15, 0.2) is 0 Å². The lowest BCUT2D eigenvalue weighted by atomic mass is 10.1. The summed E-state index contributed by atoms with van der Waals surface area (Å²) in [4.78, 5) is 4.06. The molecule has 4 heteroatoms. The lowest BCUT2D eigenvalue weighted by molar-refractivity contribution is 0.309. The van der Waals surface area contributed by atoms with Crippen LogP contribution in [0.3, 0.4) is 0 Å². The fourth-order valence-corrected chi connectivity index (χ4v) is 2.27. The van der Waals surface area contributed by atoms with E-state index in [0.29, 0.717) is 10.2 Å². The Morgan fingerprint density at radius 1 is 1.05 bits per heavy atom. The summed E-state index contributed by atoms with van der Waals surface area (Å²) < 4.78 is 5.65. The van der Waals surface area contributed by atoms with Crippen molar-refractivity contribution in [3.63, 3.8) is 0 Å². The molecule has 2 aromatic rings. The van der Waals surface area contributed by atoms with Crippen LogP contribution >= 0.6 is 23.2 Å². The molecule has 2 nitrogen and oxygen atoms in total. The van der Waals surface area contributed by atoms with Gasteiger partial charge in [0.2, 0.25) is 0 Å². The number of hydrogen-bond acceptors (Lipinski definition) is 2. The Kier molecular flexibility index (Phi) is 6.34. The van der Waals surface area contributed by atoms with Crippen molar-refractivity contribution in [3.8, 4) is 5.75 Å². The quantitative estimate of drug-likeness (QED) is 0.506. The first kappa shape index (κ1) is 16.1. The van der Waals surface area contributed by atoms with E-state index in [1.54, 1.807) is 6.20 Å². The van der Waals surface area contributed by atoms with Gasteiger partial charge in [0, 0.05) is 6.20 Å². The number of hydrogen-bond donors (Lipinski definition) is 0. The summed E-state index contributed by atoms with van der Waals surface area (Å²) in [6.07, 6.45) is 5.84. The maximum absolute atomic E-state index is 5.97. The number of unbranched alkanes of at least 4 members (excludes halogenated alkanes) is 1. The SMILES string of the molecule is CCCCOc1ccc(CCc2cnc(Cl)c(Cl)c2)cc1. The third-order valence-electron chi connectivity index (χ3n) is 3.25. The lowest BCUT2D eigenvalue weighted by Gasteiger charge is -2.07. The largest absolute Gasteiger partial charge is 0.494 e. The number of ether oxygens (including phenoxy) is 1. The van der Waals surface area contributed by atoms with Gasteiger partial charge >= 0.3 is 0 Å². The van der Waals surface area contributed by atoms with E-state index in [-0.39, 0.29) is 0 Å². The molecule has 0 bridgehead atoms. The molecule has 1 heterocycles. The smallest absolute Gasteiger partial charge is 0.147 e. The van der Waals surface area contributed by atoms with Gasteiger partial charge in [-0.05, 0) is 48.6 Å². The summed E-state index contributed by atoms with van der Waals surface area (Å²) in [5.41, 5.74) is 2.36. The first-order chi connectivity index (χ1) is 10.2. The van der Waals surface area contributed by atoms with E-state index in [9.17, 15) is 0 Å². The van der Waals surface area contributed by atoms with Crippen LogP contribution in [0.5, 0.6) is 5.75 Å². The molecule has 0 radical (unpaired) electrons. The standard InChI is InChI=1S/C17H19Cl2NO/c1-2-3-10-21-15-8-6-13(7-9-15)4-5-14-11-16(18)17(19)20-12-14/h6-9,11-12H,2-5,10H2,1H3. The molecular formula is C17H19Cl2NO. The normalized spacial score (nSPS) is 10.6. The van der Waals surface area contributed by atoms with Crippen molar-refractivity contribution in [1.82, 2.24) is 4.98 Å². The fraction of sp³-hybridized carbons (Fsp3) is 0.353. The van der Waals surface area contributed by atoms with Crippen molar-refractivity contribution in [2.75, 3.05) is 6.61 Å². The van der Waals surface area contributed by atoms with E-state index in [0.717, 1.165) is 43.6 Å². The van der Waals surface area contributed by atoms with Gasteiger partial charge in [0.1, 0.15) is 10.9 Å². The van der Waals surface area contributed by atoms with Crippen LogP contribution in [0.1, 0.15) is 30.9 Å². The molecule has 0 aliphatic heterocycles. The molecule has 0 amide bonds. The molecule has 0 N–H and O–H groups in total. The van der Waals surface area contributed by atoms with Gasteiger partial charge in [-0.25, -0.2) is 4.98 Å². The second kappa shape index (κ2) is 8.26. The molecular weight excluding hydrogens is 305 g/mol. The zero-order valence-electron chi connectivity index (χ0n) is 12.1. The van der Waals surface area contributed by atoms with E-state index in [4.69, 9.17) is 27.9 Å². The van der Waals surface area contributed by atoms with Crippen molar-refractivity contribution < 1.29 is 4.74 Å². The van der Waals surface area contributed by atoms with Crippen molar-refractivity contribution in [1.29, 1.82) is 0 Å². The number of benzene rings is 1. The molecule has 1 aromatic heterocycles. The molecule has 112 valence electrons. The molecule has 21 heavy (non-hydrogen) atoms. The number of aryl methyl sites for hydroxylation is 2. The zero-order valence-corrected chi connectivity index (χ0v) is 13.6. The predicted octanol–water partition coefficient (Wildman–Crippen LogP) is 5.35. The second-order valence-electron chi connectivity index (χ2n) is 4.96. The van der Waals surface area contributed by atoms with Gasteiger partial charge in [-0.3, -0.25) is 0 Å². The van der Waals surface area contributed by atoms with E-state index in [1.807, 2.05) is 18.2 Å². The molecule has 0 saturated heterocycles. The Hall–Kier alpha value is -1.25. The van der Waals surface area contributed by atoms with E-state index in [2.05, 4.69) is 24.0 Å². The fourth-order valence-electron chi connectivity index (χ4n) is 1.97. The molecule has 0 unspecified atom stereocenters. The highest BCUT2D eigenvalue weighted by molar-refractivity contribution is 6.41. The van der Waals surface area contributed by atoms with Crippen LogP contribution in [0.4, 0.5) is 0 Å². The Bertz CT molecular complexity index is 570. The van der Waals surface area contributed by atoms with Gasteiger partial charge < -0.3 is 4.74 Å². The lowest BCUT2D eigenvalue weighted by Crippen LogP contribution is -1.97. The topological polar surface area (TPSA) is 22.1 Å². The first-order valence-corrected chi connectivity index (χ1v) is 7.96. The first-order valence-electron chi connectivity index (χ1n) is 7.20. The molecule has 2 rings (SSSR count). The van der Waals surface area contributed by atoms with Crippen molar-refractivity contribution >= 4 is 23.2 Å². The van der Waals surface area contributed by atoms with Crippen LogP contribution < -0.4 is 4.74 Å². The summed E-state index contributed by atoms with van der Waals surface area (Å²) in [5.74, 6) is 0.934. The Morgan fingerprint density at radius 3 is 2.43 bits per heavy atom. The Labute approximate surface area is 136 Å². The van der Waals surface area contributed by atoms with Gasteiger partial charge in [-0.15, -0.1) is 0 Å². The van der Waals surface area contributed by atoms with Gasteiger partial charge in [-0.2, -0.15) is 0 Å². The molecule has 0 aliphatic rings. The summed E-state index contributed by atoms with van der Waals surface area (Å²) in [6.45, 7) is 2.94. The molecule has 0 saturated carbocycles. The highest BCUT2D eigenvalue weighted by Gasteiger charge is 2.02. The Morgan fingerprint density at radius 2 is 1.76 bits per heavy atom. The van der Waals surface area contributed by atoms with Crippen LogP contribution in [-0.2, 0) is 12.8 Å². The number of nitrogens with zero attached hydrogens (tertiary/aromatic N) is 1. The van der Waals surface area contributed by atoms with Crippen molar-refractivity contribution in [2.24, 2.45) is 0 Å². The van der Waals surface area contributed by atoms with E-state index >= 15 is 0 Å². The number of halogens is 2. The van der Waals surface area contributed by atoms with E-state index in [1.165, 1.54) is 5.56 Å². The number of rotatable bonds is 7. The zero-order chi connectivity index (χ0) is 15.1. The van der Waals surface area contributed by atoms with E-state index < -0.39 is 0 Å². The summed E-state index contributed by atoms with van der Waals surface area (Å²) in [7, 11) is 0. The molecule has 0 atom stereocenters. The van der Waals surface area contributed by atoms with Crippen LogP contribution in [0.2, 0.25) is 10.2 Å². The third kappa shape index (κ3) is 5.22. The summed E-state index contributed by atoms with van der Waals surface area (Å²) in [5, 5.41) is 0.864. The van der Waals surface area contributed by atoms with Crippen LogP contribution in [-0.4, -0.2) is 11.6 Å². The van der Waals surface area contributed by atoms with Crippen molar-refractivity contribution in [3.05, 3.63) is 57.8 Å². The summed E-state index contributed by atoms with van der Waals surface area (Å²) in [6, 6.07) is 10.1. The maximum Gasteiger partial charge on any atom is 0.147 e. The van der Waals surface area contributed by atoms with Gasteiger partial charge in [-0.1, -0.05) is 48.7 Å². The van der Waals surface area contributed by atoms with Crippen LogP contribution in [0.15, 0.2) is 36.5 Å². The Balaban J connectivity index is 1.86. The number of aromatic nitrogens is 1. The third-order valence-corrected chi connectivity index (χ3v) is 3.93. The molecule has 0 spiro atoms. The monoisotopic (exact) mass is 323 g/mol. The molecule has 0 aliphatic carbocycles. The highest BCUT2D eigenvalue weighted by atomic mass is 35.5. The maximum atomic E-state index is 5.97. The average molecular weight is 324 g/mol. The average Bonchev–Trinajstić information content (AvgIpc) is 2.50. The van der Waals surface area contributed by atoms with Crippen molar-refractivity contribution in [2.45, 2.75) is 32.6 Å². The minimum Gasteiger partial charge on any atom is -0.494 e. The highest BCUT2D eigenvalue weighted by Crippen LogP contribution is 2.21. The molecule has 0 fully saturated rings. The second-order valence-corrected chi connectivity index (χ2v) is 5.73. The van der Waals surface area contributed by atoms with Gasteiger partial charge in [0.05, 0.1) is 11.6 Å². The number of pyridine rings is 1. The predicted molar refractivity (Wildman–Crippen MR) is 88.5 cm³/mol.